The van der Waals surface area contributed by atoms with Crippen molar-refractivity contribution in [3.05, 3.63) is 58.3 Å². The monoisotopic (exact) mass is 375 g/mol. The fourth-order valence-corrected chi connectivity index (χ4v) is 3.23. The van der Waals surface area contributed by atoms with Crippen LogP contribution in [0.1, 0.15) is 15.4 Å². The number of esters is 1. The summed E-state index contributed by atoms with van der Waals surface area (Å²) in [6.45, 7) is 0.0150. The van der Waals surface area contributed by atoms with Crippen molar-refractivity contribution in [2.45, 2.75) is 6.54 Å². The molecular formula is C17H14ClN3O3S. The maximum Gasteiger partial charge on any atom is 0.340 e. The summed E-state index contributed by atoms with van der Waals surface area (Å²) >= 11 is 7.19. The van der Waals surface area contributed by atoms with Crippen LogP contribution in [0.4, 0.5) is 0 Å². The van der Waals surface area contributed by atoms with E-state index in [0.717, 1.165) is 15.2 Å². The Kier molecular flexibility index (Phi) is 5.25. The molecule has 6 nitrogen and oxygen atoms in total. The average Bonchev–Trinajstić information content (AvgIpc) is 3.02. The standard InChI is InChI=1S/C17H14ClN3O3S/c1-21(9-15-20-12-4-2-3-5-13(12)25-15)16(22)10-24-17(23)11-6-7-14(18)19-8-11/h2-8H,9-10H2,1H3. The highest BCUT2D eigenvalue weighted by molar-refractivity contribution is 7.18. The zero-order valence-electron chi connectivity index (χ0n) is 13.3. The third-order valence-electron chi connectivity index (χ3n) is 3.43. The van der Waals surface area contributed by atoms with Gasteiger partial charge in [-0.2, -0.15) is 0 Å². The van der Waals surface area contributed by atoms with Gasteiger partial charge >= 0.3 is 5.97 Å². The highest BCUT2D eigenvalue weighted by Crippen LogP contribution is 2.22. The molecule has 0 unspecified atom stereocenters. The Morgan fingerprint density at radius 3 is 2.76 bits per heavy atom. The third-order valence-corrected chi connectivity index (χ3v) is 4.67. The van der Waals surface area contributed by atoms with Gasteiger partial charge in [0.25, 0.3) is 5.91 Å². The maximum absolute atomic E-state index is 12.1. The number of likely N-dealkylation sites (N-methyl/N-ethyl adjacent to an activating group) is 1. The van der Waals surface area contributed by atoms with Gasteiger partial charge in [0.15, 0.2) is 6.61 Å². The molecular weight excluding hydrogens is 362 g/mol. The van der Waals surface area contributed by atoms with Gasteiger partial charge in [0, 0.05) is 13.2 Å². The summed E-state index contributed by atoms with van der Waals surface area (Å²) in [6, 6.07) is 10.8. The molecule has 8 heteroatoms. The van der Waals surface area contributed by atoms with Crippen molar-refractivity contribution in [2.24, 2.45) is 0 Å². The molecule has 0 bridgehead atoms. The lowest BCUT2D eigenvalue weighted by molar-refractivity contribution is -0.133. The molecule has 25 heavy (non-hydrogen) atoms. The Morgan fingerprint density at radius 2 is 2.04 bits per heavy atom. The highest BCUT2D eigenvalue weighted by atomic mass is 35.5. The first kappa shape index (κ1) is 17.3. The Balaban J connectivity index is 1.55. The number of carbonyl (C=O) groups is 2. The molecule has 0 saturated heterocycles. The van der Waals surface area contributed by atoms with Crippen molar-refractivity contribution in [3.63, 3.8) is 0 Å². The van der Waals surface area contributed by atoms with Crippen LogP contribution in [0.15, 0.2) is 42.6 Å². The van der Waals surface area contributed by atoms with Gasteiger partial charge in [0.05, 0.1) is 22.3 Å². The number of para-hydroxylation sites is 1. The van der Waals surface area contributed by atoms with E-state index in [4.69, 9.17) is 16.3 Å². The predicted octanol–water partition coefficient (Wildman–Crippen LogP) is 3.16. The molecule has 0 atom stereocenters. The number of benzene rings is 1. The number of aromatic nitrogens is 2. The van der Waals surface area contributed by atoms with E-state index < -0.39 is 5.97 Å². The number of carbonyl (C=O) groups excluding carboxylic acids is 2. The van der Waals surface area contributed by atoms with Crippen LogP contribution in [0.2, 0.25) is 5.15 Å². The normalized spacial score (nSPS) is 10.6. The Bertz CT molecular complexity index is 878. The Morgan fingerprint density at radius 1 is 1.24 bits per heavy atom. The number of halogens is 1. The maximum atomic E-state index is 12.1. The van der Waals surface area contributed by atoms with E-state index in [-0.39, 0.29) is 23.2 Å². The Labute approximate surface area is 153 Å². The van der Waals surface area contributed by atoms with Crippen molar-refractivity contribution in [2.75, 3.05) is 13.7 Å². The number of thiazole rings is 1. The van der Waals surface area contributed by atoms with Crippen LogP contribution in [-0.2, 0) is 16.1 Å². The van der Waals surface area contributed by atoms with Gasteiger partial charge in [-0.05, 0) is 24.3 Å². The summed E-state index contributed by atoms with van der Waals surface area (Å²) in [6.07, 6.45) is 1.31. The number of nitrogens with zero attached hydrogens (tertiary/aromatic N) is 3. The summed E-state index contributed by atoms with van der Waals surface area (Å²) in [5.41, 5.74) is 1.15. The molecule has 2 heterocycles. The van der Waals surface area contributed by atoms with Gasteiger partial charge < -0.3 is 9.64 Å². The van der Waals surface area contributed by atoms with Crippen LogP contribution in [0.5, 0.6) is 0 Å². The van der Waals surface area contributed by atoms with E-state index in [1.165, 1.54) is 34.6 Å². The molecule has 0 aliphatic rings. The van der Waals surface area contributed by atoms with Crippen molar-refractivity contribution in [1.29, 1.82) is 0 Å². The van der Waals surface area contributed by atoms with Gasteiger partial charge in [-0.3, -0.25) is 4.79 Å². The summed E-state index contributed by atoms with van der Waals surface area (Å²) in [5, 5.41) is 1.11. The lowest BCUT2D eigenvalue weighted by Crippen LogP contribution is -2.30. The first-order chi connectivity index (χ1) is 12.0. The van der Waals surface area contributed by atoms with E-state index in [0.29, 0.717) is 6.54 Å². The molecule has 0 radical (unpaired) electrons. The number of rotatable bonds is 5. The number of ether oxygens (including phenoxy) is 1. The van der Waals surface area contributed by atoms with Crippen molar-refractivity contribution in [3.8, 4) is 0 Å². The van der Waals surface area contributed by atoms with E-state index in [1.54, 1.807) is 7.05 Å². The molecule has 0 N–H and O–H groups in total. The minimum atomic E-state index is -0.620. The van der Waals surface area contributed by atoms with Crippen LogP contribution in [0.3, 0.4) is 0 Å². The fraction of sp³-hybridized carbons (Fsp3) is 0.176. The van der Waals surface area contributed by atoms with E-state index >= 15 is 0 Å². The molecule has 0 spiro atoms. The number of pyridine rings is 1. The van der Waals surface area contributed by atoms with Gasteiger partial charge in [0.1, 0.15) is 10.2 Å². The van der Waals surface area contributed by atoms with Gasteiger partial charge in [0.2, 0.25) is 0 Å². The molecule has 0 aliphatic heterocycles. The minimum absolute atomic E-state index is 0.242. The van der Waals surface area contributed by atoms with Gasteiger partial charge in [-0.1, -0.05) is 23.7 Å². The second-order valence-electron chi connectivity index (χ2n) is 5.27. The molecule has 3 rings (SSSR count). The van der Waals surface area contributed by atoms with Crippen LogP contribution in [0.25, 0.3) is 10.2 Å². The van der Waals surface area contributed by atoms with Crippen molar-refractivity contribution >= 4 is 45.0 Å². The first-order valence-corrected chi connectivity index (χ1v) is 8.59. The molecule has 0 fully saturated rings. The Hall–Kier alpha value is -2.51. The predicted molar refractivity (Wildman–Crippen MR) is 95.6 cm³/mol. The lowest BCUT2D eigenvalue weighted by Gasteiger charge is -2.15. The van der Waals surface area contributed by atoms with E-state index in [2.05, 4.69) is 9.97 Å². The number of hydrogen-bond acceptors (Lipinski definition) is 6. The third kappa shape index (κ3) is 4.32. The minimum Gasteiger partial charge on any atom is -0.452 e. The number of fused-ring (bicyclic) bond motifs is 1. The number of amides is 1. The van der Waals surface area contributed by atoms with Crippen LogP contribution in [0, 0.1) is 0 Å². The summed E-state index contributed by atoms with van der Waals surface area (Å²) in [5.74, 6) is -0.930. The smallest absolute Gasteiger partial charge is 0.340 e. The molecule has 3 aromatic rings. The second-order valence-corrected chi connectivity index (χ2v) is 6.77. The SMILES string of the molecule is CN(Cc1nc2ccccc2s1)C(=O)COC(=O)c1ccc(Cl)nc1. The largest absolute Gasteiger partial charge is 0.452 e. The number of hydrogen-bond donors (Lipinski definition) is 0. The van der Waals surface area contributed by atoms with E-state index in [1.807, 2.05) is 24.3 Å². The average molecular weight is 376 g/mol. The van der Waals surface area contributed by atoms with Gasteiger partial charge in [-0.15, -0.1) is 11.3 Å². The quantitative estimate of drug-likeness (QED) is 0.506. The van der Waals surface area contributed by atoms with Crippen molar-refractivity contribution in [1.82, 2.24) is 14.9 Å². The fourth-order valence-electron chi connectivity index (χ4n) is 2.10. The molecule has 1 aromatic carbocycles. The van der Waals surface area contributed by atoms with Gasteiger partial charge in [-0.25, -0.2) is 14.8 Å². The van der Waals surface area contributed by atoms with E-state index in [9.17, 15) is 9.59 Å². The second kappa shape index (κ2) is 7.58. The molecule has 128 valence electrons. The zero-order chi connectivity index (χ0) is 17.8. The summed E-state index contributed by atoms with van der Waals surface area (Å²) in [4.78, 5) is 33.8. The van der Waals surface area contributed by atoms with Crippen molar-refractivity contribution < 1.29 is 14.3 Å². The lowest BCUT2D eigenvalue weighted by atomic mass is 10.3. The van der Waals surface area contributed by atoms with Crippen LogP contribution in [-0.4, -0.2) is 40.4 Å². The molecule has 0 saturated carbocycles. The van der Waals surface area contributed by atoms with Crippen LogP contribution >= 0.6 is 22.9 Å². The molecule has 1 amide bonds. The highest BCUT2D eigenvalue weighted by Gasteiger charge is 2.15. The molecule has 0 aliphatic carbocycles. The zero-order valence-corrected chi connectivity index (χ0v) is 14.9. The first-order valence-electron chi connectivity index (χ1n) is 7.40. The topological polar surface area (TPSA) is 72.4 Å². The molecule has 2 aromatic heterocycles. The summed E-state index contributed by atoms with van der Waals surface area (Å²) < 4.78 is 6.09. The summed E-state index contributed by atoms with van der Waals surface area (Å²) in [7, 11) is 1.64. The van der Waals surface area contributed by atoms with Crippen LogP contribution < -0.4 is 0 Å².